The predicted molar refractivity (Wildman–Crippen MR) is 83.1 cm³/mol. The summed E-state index contributed by atoms with van der Waals surface area (Å²) in [5.41, 5.74) is 4.80. The van der Waals surface area contributed by atoms with Crippen LogP contribution in [0.5, 0.6) is 0 Å². The summed E-state index contributed by atoms with van der Waals surface area (Å²) in [7, 11) is 0. The molecule has 0 nitrogen and oxygen atoms in total. The van der Waals surface area contributed by atoms with Crippen molar-refractivity contribution < 1.29 is 0 Å². The Bertz CT molecular complexity index is 498. The van der Waals surface area contributed by atoms with Gasteiger partial charge in [0.15, 0.2) is 0 Å². The summed E-state index contributed by atoms with van der Waals surface area (Å²) in [6.07, 6.45) is 8.08. The Hall–Kier alpha value is -0.340. The van der Waals surface area contributed by atoms with E-state index in [4.69, 9.17) is 0 Å². The van der Waals surface area contributed by atoms with Gasteiger partial charge in [0.05, 0.1) is 4.08 Å². The van der Waals surface area contributed by atoms with E-state index in [9.17, 15) is 0 Å². The summed E-state index contributed by atoms with van der Waals surface area (Å²) >= 11 is 4.37. The molecule has 4 rings (SSSR count). The second-order valence-corrected chi connectivity index (χ2v) is 8.65. The van der Waals surface area contributed by atoms with Crippen LogP contribution < -0.4 is 0 Å². The molecule has 1 heterocycles. The highest BCUT2D eigenvalue weighted by molar-refractivity contribution is 8.21. The smallest absolute Gasteiger partial charge is 0.0798 e. The number of allylic oxidation sites excluding steroid dienone is 1. The second kappa shape index (κ2) is 4.35. The first kappa shape index (κ1) is 11.5. The Labute approximate surface area is 118 Å². The topological polar surface area (TPSA) is 0 Å². The van der Waals surface area contributed by atoms with E-state index < -0.39 is 0 Å². The third-order valence-corrected chi connectivity index (χ3v) is 7.93. The van der Waals surface area contributed by atoms with Crippen LogP contribution in [-0.2, 0) is 6.42 Å². The quantitative estimate of drug-likeness (QED) is 0.678. The van der Waals surface area contributed by atoms with Crippen molar-refractivity contribution in [1.29, 1.82) is 0 Å². The second-order valence-electron chi connectivity index (χ2n) is 5.54. The van der Waals surface area contributed by atoms with Gasteiger partial charge in [-0.25, -0.2) is 0 Å². The van der Waals surface area contributed by atoms with E-state index in [2.05, 4.69) is 53.9 Å². The summed E-state index contributed by atoms with van der Waals surface area (Å²) in [6, 6.07) is 9.06. The zero-order valence-corrected chi connectivity index (χ0v) is 12.2. The number of aryl methyl sites for hydroxylation is 1. The molecule has 0 saturated carbocycles. The molecule has 94 valence electrons. The van der Waals surface area contributed by atoms with Crippen LogP contribution in [-0.4, -0.2) is 15.6 Å². The fourth-order valence-electron chi connectivity index (χ4n) is 3.60. The minimum atomic E-state index is 0.427. The lowest BCUT2D eigenvalue weighted by Gasteiger charge is -2.38. The first-order chi connectivity index (χ1) is 8.86. The monoisotopic (exact) mass is 274 g/mol. The molecule has 18 heavy (non-hydrogen) atoms. The maximum Gasteiger partial charge on any atom is 0.0798 e. The van der Waals surface area contributed by atoms with Crippen LogP contribution >= 0.6 is 23.5 Å². The van der Waals surface area contributed by atoms with Crippen molar-refractivity contribution >= 4 is 29.1 Å². The number of benzene rings is 1. The molecule has 1 fully saturated rings. The molecule has 1 aromatic carbocycles. The van der Waals surface area contributed by atoms with Gasteiger partial charge >= 0.3 is 0 Å². The van der Waals surface area contributed by atoms with Crippen LogP contribution in [0.4, 0.5) is 0 Å². The van der Waals surface area contributed by atoms with Gasteiger partial charge in [0.25, 0.3) is 0 Å². The van der Waals surface area contributed by atoms with Crippen LogP contribution in [0.25, 0.3) is 5.57 Å². The first-order valence-electron chi connectivity index (χ1n) is 6.95. The Balaban J connectivity index is 1.81. The van der Waals surface area contributed by atoms with E-state index >= 15 is 0 Å². The van der Waals surface area contributed by atoms with E-state index in [1.54, 1.807) is 16.7 Å². The minimum Gasteiger partial charge on any atom is -0.139 e. The zero-order valence-electron chi connectivity index (χ0n) is 10.5. The van der Waals surface area contributed by atoms with Gasteiger partial charge in [0, 0.05) is 11.5 Å². The van der Waals surface area contributed by atoms with Crippen molar-refractivity contribution in [1.82, 2.24) is 0 Å². The summed E-state index contributed by atoms with van der Waals surface area (Å²) in [6.45, 7) is 0. The molecule has 1 aliphatic heterocycles. The number of fused-ring (bicyclic) bond motifs is 3. The molecule has 1 atom stereocenters. The maximum atomic E-state index is 2.64. The molecule has 0 N–H and O–H groups in total. The van der Waals surface area contributed by atoms with Crippen molar-refractivity contribution in [2.45, 2.75) is 29.8 Å². The highest BCUT2D eigenvalue weighted by Crippen LogP contribution is 2.55. The number of hydrogen-bond donors (Lipinski definition) is 0. The average molecular weight is 274 g/mol. The van der Waals surface area contributed by atoms with Gasteiger partial charge in [-0.15, -0.1) is 23.5 Å². The van der Waals surface area contributed by atoms with Crippen molar-refractivity contribution in [3.05, 3.63) is 41.5 Å². The molecule has 1 spiro atoms. The molecular weight excluding hydrogens is 256 g/mol. The summed E-state index contributed by atoms with van der Waals surface area (Å²) in [4.78, 5) is 0. The molecule has 1 unspecified atom stereocenters. The largest absolute Gasteiger partial charge is 0.139 e. The van der Waals surface area contributed by atoms with E-state index in [-0.39, 0.29) is 0 Å². The van der Waals surface area contributed by atoms with Gasteiger partial charge in [0.2, 0.25) is 0 Å². The molecule has 1 aromatic rings. The van der Waals surface area contributed by atoms with E-state index in [0.29, 0.717) is 4.08 Å². The van der Waals surface area contributed by atoms with Crippen molar-refractivity contribution in [2.75, 3.05) is 11.5 Å². The molecule has 0 amide bonds. The SMILES string of the molecule is C1=C2c3ccccc3CCC2CCC12SCCS2. The summed E-state index contributed by atoms with van der Waals surface area (Å²) < 4.78 is 0.427. The van der Waals surface area contributed by atoms with E-state index in [1.807, 2.05) is 0 Å². The van der Waals surface area contributed by atoms with E-state index in [1.165, 1.54) is 37.2 Å². The fourth-order valence-corrected chi connectivity index (χ4v) is 6.74. The predicted octanol–water partition coefficient (Wildman–Crippen LogP) is 4.60. The van der Waals surface area contributed by atoms with Crippen LogP contribution in [0.1, 0.15) is 30.4 Å². The Kier molecular flexibility index (Phi) is 2.77. The lowest BCUT2D eigenvalue weighted by atomic mass is 9.74. The van der Waals surface area contributed by atoms with Gasteiger partial charge in [-0.2, -0.15) is 0 Å². The summed E-state index contributed by atoms with van der Waals surface area (Å²) in [5, 5.41) is 0. The third-order valence-electron chi connectivity index (χ3n) is 4.52. The van der Waals surface area contributed by atoms with Crippen molar-refractivity contribution in [2.24, 2.45) is 5.92 Å². The lowest BCUT2D eigenvalue weighted by Crippen LogP contribution is -2.26. The van der Waals surface area contributed by atoms with Crippen molar-refractivity contribution in [3.8, 4) is 0 Å². The van der Waals surface area contributed by atoms with E-state index in [0.717, 1.165) is 5.92 Å². The third kappa shape index (κ3) is 1.77. The fraction of sp³-hybridized carbons (Fsp3) is 0.500. The minimum absolute atomic E-state index is 0.427. The number of thioether (sulfide) groups is 2. The van der Waals surface area contributed by atoms with Crippen LogP contribution in [0.2, 0.25) is 0 Å². The molecule has 0 bridgehead atoms. The maximum absolute atomic E-state index is 2.64. The summed E-state index contributed by atoms with van der Waals surface area (Å²) in [5.74, 6) is 3.51. The normalized spacial score (nSPS) is 28.7. The van der Waals surface area contributed by atoms with Gasteiger partial charge < -0.3 is 0 Å². The molecule has 1 saturated heterocycles. The Morgan fingerprint density at radius 2 is 1.89 bits per heavy atom. The Morgan fingerprint density at radius 3 is 2.78 bits per heavy atom. The Morgan fingerprint density at radius 1 is 1.06 bits per heavy atom. The first-order valence-corrected chi connectivity index (χ1v) is 8.92. The zero-order chi connectivity index (χ0) is 12.0. The molecule has 0 radical (unpaired) electrons. The molecular formula is C16H18S2. The van der Waals surface area contributed by atoms with Crippen molar-refractivity contribution in [3.63, 3.8) is 0 Å². The van der Waals surface area contributed by atoms with Gasteiger partial charge in [-0.05, 0) is 48.3 Å². The van der Waals surface area contributed by atoms with Crippen LogP contribution in [0.3, 0.4) is 0 Å². The molecule has 2 aliphatic carbocycles. The average Bonchev–Trinajstić information content (AvgIpc) is 2.87. The van der Waals surface area contributed by atoms with Crippen LogP contribution in [0, 0.1) is 5.92 Å². The lowest BCUT2D eigenvalue weighted by molar-refractivity contribution is 0.505. The molecule has 2 heteroatoms. The highest BCUT2D eigenvalue weighted by Gasteiger charge is 2.40. The number of rotatable bonds is 0. The molecule has 3 aliphatic rings. The van der Waals surface area contributed by atoms with Gasteiger partial charge in [-0.1, -0.05) is 30.3 Å². The van der Waals surface area contributed by atoms with Crippen LogP contribution in [0.15, 0.2) is 30.3 Å². The molecule has 0 aromatic heterocycles. The standard InChI is InChI=1S/C16H18S2/c1-2-4-14-12(3-1)5-6-13-7-8-16(11-15(13)14)17-9-10-18-16/h1-4,11,13H,5-10H2. The highest BCUT2D eigenvalue weighted by atomic mass is 32.2. The van der Waals surface area contributed by atoms with Gasteiger partial charge in [0.1, 0.15) is 0 Å². The number of hydrogen-bond acceptors (Lipinski definition) is 2. The van der Waals surface area contributed by atoms with Gasteiger partial charge in [-0.3, -0.25) is 0 Å².